The third-order valence-electron chi connectivity index (χ3n) is 3.44. The summed E-state index contributed by atoms with van der Waals surface area (Å²) in [5, 5.41) is 0. The van der Waals surface area contributed by atoms with Crippen molar-refractivity contribution in [3.8, 4) is 11.5 Å². The molecule has 0 aliphatic rings. The smallest absolute Gasteiger partial charge is 0.166 e. The third-order valence-corrected chi connectivity index (χ3v) is 3.44. The quantitative estimate of drug-likeness (QED) is 0.717. The second kappa shape index (κ2) is 6.08. The molecule has 0 saturated heterocycles. The fraction of sp³-hybridized carbons (Fsp3) is 0.278. The first-order chi connectivity index (χ1) is 9.88. The standard InChI is InChI=1S/C18H19FO2/c1-11(2)14-6-5-12(3)18(10-14)21-17-8-7-15(13(4)20)9-16(17)19/h5-11H,1-4H3. The fourth-order valence-electron chi connectivity index (χ4n) is 2.01. The van der Waals surface area contributed by atoms with E-state index in [-0.39, 0.29) is 11.5 Å². The number of aryl methyl sites for hydroxylation is 1. The molecule has 0 fully saturated rings. The van der Waals surface area contributed by atoms with Crippen LogP contribution in [-0.4, -0.2) is 5.78 Å². The molecule has 0 unspecified atom stereocenters. The van der Waals surface area contributed by atoms with Gasteiger partial charge in [0.1, 0.15) is 5.75 Å². The van der Waals surface area contributed by atoms with E-state index in [1.54, 1.807) is 6.07 Å². The van der Waals surface area contributed by atoms with Gasteiger partial charge in [0.25, 0.3) is 0 Å². The molecule has 0 atom stereocenters. The van der Waals surface area contributed by atoms with Gasteiger partial charge in [0.2, 0.25) is 0 Å². The van der Waals surface area contributed by atoms with E-state index in [9.17, 15) is 9.18 Å². The highest BCUT2D eigenvalue weighted by Gasteiger charge is 2.11. The molecule has 2 aromatic carbocycles. The molecule has 2 nitrogen and oxygen atoms in total. The molecule has 0 spiro atoms. The molecule has 0 aromatic heterocycles. The van der Waals surface area contributed by atoms with E-state index in [0.717, 1.165) is 11.1 Å². The van der Waals surface area contributed by atoms with Crippen LogP contribution in [0.4, 0.5) is 4.39 Å². The lowest BCUT2D eigenvalue weighted by molar-refractivity contribution is 0.101. The fourth-order valence-corrected chi connectivity index (χ4v) is 2.01. The van der Waals surface area contributed by atoms with Crippen LogP contribution in [0.5, 0.6) is 11.5 Å². The summed E-state index contributed by atoms with van der Waals surface area (Å²) in [6.07, 6.45) is 0. The summed E-state index contributed by atoms with van der Waals surface area (Å²) in [4.78, 5) is 11.2. The van der Waals surface area contributed by atoms with E-state index in [4.69, 9.17) is 4.74 Å². The Bertz CT molecular complexity index is 675. The van der Waals surface area contributed by atoms with Gasteiger partial charge in [0.05, 0.1) is 0 Å². The van der Waals surface area contributed by atoms with Crippen LogP contribution in [0.2, 0.25) is 0 Å². The summed E-state index contributed by atoms with van der Waals surface area (Å²) in [6.45, 7) is 7.51. The molecule has 0 amide bonds. The number of rotatable bonds is 4. The molecule has 0 heterocycles. The topological polar surface area (TPSA) is 26.3 Å². The van der Waals surface area contributed by atoms with Crippen molar-refractivity contribution in [2.75, 3.05) is 0 Å². The van der Waals surface area contributed by atoms with Gasteiger partial charge in [-0.25, -0.2) is 4.39 Å². The van der Waals surface area contributed by atoms with Crippen LogP contribution in [0.1, 0.15) is 48.2 Å². The molecule has 2 rings (SSSR count). The average Bonchev–Trinajstić information content (AvgIpc) is 2.42. The minimum Gasteiger partial charge on any atom is -0.454 e. The van der Waals surface area contributed by atoms with Crippen LogP contribution in [0.15, 0.2) is 36.4 Å². The molecule has 110 valence electrons. The first kappa shape index (κ1) is 15.2. The number of carbonyl (C=O) groups excluding carboxylic acids is 1. The van der Waals surface area contributed by atoms with Gasteiger partial charge in [-0.3, -0.25) is 4.79 Å². The largest absolute Gasteiger partial charge is 0.454 e. The number of ketones is 1. The van der Waals surface area contributed by atoms with E-state index in [1.807, 2.05) is 25.1 Å². The van der Waals surface area contributed by atoms with E-state index >= 15 is 0 Å². The second-order valence-electron chi connectivity index (χ2n) is 5.48. The molecule has 0 bridgehead atoms. The predicted octanol–water partition coefficient (Wildman–Crippen LogP) is 5.25. The molecule has 2 aromatic rings. The molecule has 0 radical (unpaired) electrons. The maximum absolute atomic E-state index is 14.0. The van der Waals surface area contributed by atoms with Crippen LogP contribution < -0.4 is 4.74 Å². The van der Waals surface area contributed by atoms with E-state index < -0.39 is 5.82 Å². The summed E-state index contributed by atoms with van der Waals surface area (Å²) >= 11 is 0. The lowest BCUT2D eigenvalue weighted by atomic mass is 10.0. The molecule has 0 N–H and O–H groups in total. The highest BCUT2D eigenvalue weighted by molar-refractivity contribution is 5.94. The highest BCUT2D eigenvalue weighted by atomic mass is 19.1. The number of ether oxygens (including phenoxy) is 1. The average molecular weight is 286 g/mol. The van der Waals surface area contributed by atoms with Crippen LogP contribution in [0, 0.1) is 12.7 Å². The van der Waals surface area contributed by atoms with Crippen molar-refractivity contribution in [3.63, 3.8) is 0 Å². The van der Waals surface area contributed by atoms with Gasteiger partial charge < -0.3 is 4.74 Å². The van der Waals surface area contributed by atoms with Crippen molar-refractivity contribution in [1.29, 1.82) is 0 Å². The van der Waals surface area contributed by atoms with Crippen LogP contribution in [-0.2, 0) is 0 Å². The van der Waals surface area contributed by atoms with Gasteiger partial charge in [-0.1, -0.05) is 26.0 Å². The molecular formula is C18H19FO2. The van der Waals surface area contributed by atoms with Crippen LogP contribution >= 0.6 is 0 Å². The third kappa shape index (κ3) is 3.48. The zero-order chi connectivity index (χ0) is 15.6. The van der Waals surface area contributed by atoms with Crippen LogP contribution in [0.3, 0.4) is 0 Å². The Kier molecular flexibility index (Phi) is 4.41. The molecule has 0 aliphatic carbocycles. The first-order valence-corrected chi connectivity index (χ1v) is 6.97. The second-order valence-corrected chi connectivity index (χ2v) is 5.48. The Morgan fingerprint density at radius 1 is 1.10 bits per heavy atom. The summed E-state index contributed by atoms with van der Waals surface area (Å²) in [5.74, 6) is 0.438. The van der Waals surface area contributed by atoms with Gasteiger partial charge in [0.15, 0.2) is 17.3 Å². The Hall–Kier alpha value is -2.16. The molecule has 0 aliphatic heterocycles. The maximum atomic E-state index is 14.0. The number of hydrogen-bond donors (Lipinski definition) is 0. The van der Waals surface area contributed by atoms with Gasteiger partial charge in [-0.15, -0.1) is 0 Å². The monoisotopic (exact) mass is 286 g/mol. The highest BCUT2D eigenvalue weighted by Crippen LogP contribution is 2.30. The zero-order valence-corrected chi connectivity index (χ0v) is 12.7. The number of halogens is 1. The van der Waals surface area contributed by atoms with Gasteiger partial charge in [0, 0.05) is 5.56 Å². The van der Waals surface area contributed by atoms with Crippen molar-refractivity contribution in [2.45, 2.75) is 33.6 Å². The summed E-state index contributed by atoms with van der Waals surface area (Å²) in [6, 6.07) is 10.2. The van der Waals surface area contributed by atoms with E-state index in [2.05, 4.69) is 13.8 Å². The predicted molar refractivity (Wildman–Crippen MR) is 81.7 cm³/mol. The van der Waals surface area contributed by atoms with E-state index in [0.29, 0.717) is 17.2 Å². The lowest BCUT2D eigenvalue weighted by Gasteiger charge is -2.13. The SMILES string of the molecule is CC(=O)c1ccc(Oc2cc(C(C)C)ccc2C)c(F)c1. The number of hydrogen-bond acceptors (Lipinski definition) is 2. The maximum Gasteiger partial charge on any atom is 0.166 e. The van der Waals surface area contributed by atoms with Gasteiger partial charge >= 0.3 is 0 Å². The lowest BCUT2D eigenvalue weighted by Crippen LogP contribution is -1.97. The minimum absolute atomic E-state index is 0.129. The zero-order valence-electron chi connectivity index (χ0n) is 12.7. The van der Waals surface area contributed by atoms with Crippen molar-refractivity contribution in [2.24, 2.45) is 0 Å². The summed E-state index contributed by atoms with van der Waals surface area (Å²) < 4.78 is 19.7. The van der Waals surface area contributed by atoms with Crippen molar-refractivity contribution in [1.82, 2.24) is 0 Å². The Labute approximate surface area is 124 Å². The number of benzene rings is 2. The number of Topliss-reactive ketones (excluding diaryl/α,β-unsaturated/α-hetero) is 1. The first-order valence-electron chi connectivity index (χ1n) is 6.97. The Morgan fingerprint density at radius 2 is 1.81 bits per heavy atom. The van der Waals surface area contributed by atoms with Crippen molar-refractivity contribution in [3.05, 3.63) is 58.9 Å². The normalized spacial score (nSPS) is 10.8. The van der Waals surface area contributed by atoms with Crippen molar-refractivity contribution >= 4 is 5.78 Å². The summed E-state index contributed by atoms with van der Waals surface area (Å²) in [5.41, 5.74) is 2.42. The number of carbonyl (C=O) groups is 1. The minimum atomic E-state index is -0.531. The Morgan fingerprint density at radius 3 is 2.38 bits per heavy atom. The Balaban J connectivity index is 2.34. The summed E-state index contributed by atoms with van der Waals surface area (Å²) in [7, 11) is 0. The van der Waals surface area contributed by atoms with Crippen molar-refractivity contribution < 1.29 is 13.9 Å². The molecule has 3 heteroatoms. The molecule has 21 heavy (non-hydrogen) atoms. The van der Waals surface area contributed by atoms with E-state index in [1.165, 1.54) is 19.1 Å². The van der Waals surface area contributed by atoms with Gasteiger partial charge in [-0.05, 0) is 55.2 Å². The molecular weight excluding hydrogens is 267 g/mol. The van der Waals surface area contributed by atoms with Crippen LogP contribution in [0.25, 0.3) is 0 Å². The van der Waals surface area contributed by atoms with Gasteiger partial charge in [-0.2, -0.15) is 0 Å². The molecule has 0 saturated carbocycles.